The van der Waals surface area contributed by atoms with Crippen LogP contribution in [0, 0.1) is 12.3 Å². The van der Waals surface area contributed by atoms with Gasteiger partial charge in [0.15, 0.2) is 34.7 Å². The number of nitrogens with zero attached hydrogens (tertiary/aromatic N) is 6. The van der Waals surface area contributed by atoms with E-state index in [4.69, 9.17) is 25.5 Å². The Labute approximate surface area is 200 Å². The summed E-state index contributed by atoms with van der Waals surface area (Å²) in [6.45, 7) is 3.62. The van der Waals surface area contributed by atoms with Crippen molar-refractivity contribution in [3.05, 3.63) is 12.7 Å². The van der Waals surface area contributed by atoms with Gasteiger partial charge in [0.2, 0.25) is 0 Å². The van der Waals surface area contributed by atoms with E-state index in [2.05, 4.69) is 40.9 Å². The molecule has 15 heteroatoms. The van der Waals surface area contributed by atoms with Crippen LogP contribution in [0.5, 0.6) is 0 Å². The molecular formula is C20H25N7O7P-. The van der Waals surface area contributed by atoms with Crippen molar-refractivity contribution in [1.29, 1.82) is 0 Å². The highest BCUT2D eigenvalue weighted by Gasteiger charge is 2.56. The molecule has 14 nitrogen and oxygen atoms in total. The minimum Gasteiger partial charge on any atom is -0.756 e. The number of nitrogens with one attached hydrogen (secondary N) is 1. The van der Waals surface area contributed by atoms with E-state index in [0.29, 0.717) is 42.8 Å². The first-order valence-corrected chi connectivity index (χ1v) is 12.6. The molecule has 0 spiro atoms. The first-order chi connectivity index (χ1) is 16.6. The average molecular weight is 506 g/mol. The summed E-state index contributed by atoms with van der Waals surface area (Å²) in [6, 6.07) is 0. The molecule has 2 N–H and O–H groups in total. The van der Waals surface area contributed by atoms with Gasteiger partial charge < -0.3 is 33.8 Å². The predicted molar refractivity (Wildman–Crippen MR) is 118 cm³/mol. The standard InChI is InChI=1S/C20H26N7O7P/c1-4-5-6-20(25-26-20)7-8-21-16-13-17(23-10-22-16)27(11-24-13)18-15-14(33-19(2,3)34-15)12(32-18)9-31-35(28,29)30/h1,10-12,14-15,18H,5-9H2,2-3H3,(H,21,22,23)(H2,28,29,30)/p-1/t12-,14+,15?,18-/m0/s1. The number of phosphoric acid groups is 1. The first kappa shape index (κ1) is 24.2. The average Bonchev–Trinajstić information content (AvgIpc) is 3.12. The smallest absolute Gasteiger partial charge is 0.265 e. The van der Waals surface area contributed by atoms with Gasteiger partial charge in [-0.15, -0.1) is 12.3 Å². The third-order valence-electron chi connectivity index (χ3n) is 6.03. The van der Waals surface area contributed by atoms with Crippen molar-refractivity contribution < 1.29 is 33.1 Å². The van der Waals surface area contributed by atoms with Gasteiger partial charge in [0.1, 0.15) is 24.6 Å². The largest absolute Gasteiger partial charge is 0.756 e. The van der Waals surface area contributed by atoms with Gasteiger partial charge in [0.05, 0.1) is 12.9 Å². The first-order valence-electron chi connectivity index (χ1n) is 11.1. The highest BCUT2D eigenvalue weighted by atomic mass is 31.2. The monoisotopic (exact) mass is 506 g/mol. The highest BCUT2D eigenvalue weighted by molar-refractivity contribution is 7.44. The molecule has 5 rings (SSSR count). The van der Waals surface area contributed by atoms with Gasteiger partial charge in [-0.25, -0.2) is 15.0 Å². The predicted octanol–water partition coefficient (Wildman–Crippen LogP) is 1.10. The van der Waals surface area contributed by atoms with Crippen molar-refractivity contribution in [3.63, 3.8) is 0 Å². The van der Waals surface area contributed by atoms with E-state index >= 15 is 0 Å². The number of anilines is 1. The molecule has 2 fully saturated rings. The van der Waals surface area contributed by atoms with E-state index in [-0.39, 0.29) is 0 Å². The number of ether oxygens (including phenoxy) is 3. The maximum atomic E-state index is 11.1. The van der Waals surface area contributed by atoms with Crippen LogP contribution in [0.3, 0.4) is 0 Å². The van der Waals surface area contributed by atoms with E-state index in [1.165, 1.54) is 6.33 Å². The summed E-state index contributed by atoms with van der Waals surface area (Å²) in [4.78, 5) is 33.2. The van der Waals surface area contributed by atoms with Crippen molar-refractivity contribution in [3.8, 4) is 12.3 Å². The molecule has 0 amide bonds. The molecule has 5 atom stereocenters. The van der Waals surface area contributed by atoms with Crippen LogP contribution in [0.4, 0.5) is 5.82 Å². The van der Waals surface area contributed by atoms with E-state index in [1.54, 1.807) is 24.7 Å². The number of imidazole rings is 1. The van der Waals surface area contributed by atoms with Crippen LogP contribution in [-0.2, 0) is 23.3 Å². The normalized spacial score (nSPS) is 29.6. The molecular weight excluding hydrogens is 481 g/mol. The Morgan fingerprint density at radius 2 is 2.06 bits per heavy atom. The molecule has 5 heterocycles. The second-order valence-corrected chi connectivity index (χ2v) is 10.2. The molecule has 0 aliphatic carbocycles. The van der Waals surface area contributed by atoms with E-state index in [1.807, 2.05) is 0 Å². The number of terminal acetylenes is 1. The maximum Gasteiger partial charge on any atom is 0.265 e. The Balaban J connectivity index is 1.33. The number of fused-ring (bicyclic) bond motifs is 2. The van der Waals surface area contributed by atoms with Gasteiger partial charge in [-0.3, -0.25) is 9.13 Å². The summed E-state index contributed by atoms with van der Waals surface area (Å²) in [6.07, 6.45) is 7.51. The quantitative estimate of drug-likeness (QED) is 0.348. The molecule has 3 aliphatic heterocycles. The molecule has 3 aliphatic rings. The van der Waals surface area contributed by atoms with Crippen molar-refractivity contribution in [2.45, 2.75) is 69.1 Å². The fourth-order valence-corrected chi connectivity index (χ4v) is 4.74. The lowest BCUT2D eigenvalue weighted by Gasteiger charge is -2.25. The zero-order valence-electron chi connectivity index (χ0n) is 19.1. The van der Waals surface area contributed by atoms with Crippen molar-refractivity contribution >= 4 is 24.8 Å². The summed E-state index contributed by atoms with van der Waals surface area (Å²) in [5.74, 6) is 2.22. The molecule has 0 radical (unpaired) electrons. The molecule has 35 heavy (non-hydrogen) atoms. The molecule has 0 bridgehead atoms. The Morgan fingerprint density at radius 1 is 1.29 bits per heavy atom. The number of hydrogen-bond donors (Lipinski definition) is 2. The maximum absolute atomic E-state index is 11.1. The van der Waals surface area contributed by atoms with Gasteiger partial charge in [-0.1, -0.05) is 0 Å². The topological polar surface area (TPSA) is 178 Å². The summed E-state index contributed by atoms with van der Waals surface area (Å²) < 4.78 is 35.4. The number of aromatic nitrogens is 4. The fraction of sp³-hybridized carbons (Fsp3) is 0.650. The molecule has 2 unspecified atom stereocenters. The summed E-state index contributed by atoms with van der Waals surface area (Å²) in [5.41, 5.74) is 0.595. The van der Waals surface area contributed by atoms with Crippen LogP contribution in [0.15, 0.2) is 22.9 Å². The minimum atomic E-state index is -4.93. The van der Waals surface area contributed by atoms with Crippen molar-refractivity contribution in [2.75, 3.05) is 18.5 Å². The second-order valence-electron chi connectivity index (χ2n) is 9.00. The van der Waals surface area contributed by atoms with Crippen LogP contribution in [0.1, 0.15) is 39.3 Å². The van der Waals surface area contributed by atoms with Crippen LogP contribution in [0.2, 0.25) is 0 Å². The highest BCUT2D eigenvalue weighted by Crippen LogP contribution is 2.45. The second kappa shape index (κ2) is 8.86. The van der Waals surface area contributed by atoms with Gasteiger partial charge in [0.25, 0.3) is 7.82 Å². The number of hydrogen-bond acceptors (Lipinski definition) is 12. The van der Waals surface area contributed by atoms with Gasteiger partial charge in [-0.05, 0) is 13.8 Å². The summed E-state index contributed by atoms with van der Waals surface area (Å²) >= 11 is 0. The summed E-state index contributed by atoms with van der Waals surface area (Å²) in [5, 5.41) is 11.5. The number of rotatable bonds is 10. The SMILES string of the molecule is C#CCCC1(CCNc2ncnc3c2ncn3[C@H]2O[C@@H](COP(=O)([O-])O)[C@H]3OC(C)(C)OC32)N=N1. The Morgan fingerprint density at radius 3 is 2.77 bits per heavy atom. The van der Waals surface area contributed by atoms with Crippen LogP contribution in [0.25, 0.3) is 11.2 Å². The minimum absolute atomic E-state index is 0.413. The molecule has 2 aromatic heterocycles. The molecule has 188 valence electrons. The number of phosphoric ester groups is 1. The fourth-order valence-electron chi connectivity index (χ4n) is 4.40. The third-order valence-corrected chi connectivity index (χ3v) is 6.51. The lowest BCUT2D eigenvalue weighted by molar-refractivity contribution is -0.227. The van der Waals surface area contributed by atoms with Gasteiger partial charge >= 0.3 is 0 Å². The van der Waals surface area contributed by atoms with Crippen molar-refractivity contribution in [2.24, 2.45) is 10.2 Å². The molecule has 2 aromatic rings. The van der Waals surface area contributed by atoms with E-state index < -0.39 is 50.4 Å². The Bertz CT molecular complexity index is 1220. The van der Waals surface area contributed by atoms with Crippen molar-refractivity contribution in [1.82, 2.24) is 19.5 Å². The van der Waals surface area contributed by atoms with Crippen LogP contribution in [-0.4, -0.2) is 67.3 Å². The van der Waals surface area contributed by atoms with Crippen LogP contribution < -0.4 is 10.2 Å². The molecule has 2 saturated heterocycles. The molecule has 0 aromatic carbocycles. The van der Waals surface area contributed by atoms with E-state index in [0.717, 1.165) is 0 Å². The third kappa shape index (κ3) is 5.07. The zero-order chi connectivity index (χ0) is 24.8. The summed E-state index contributed by atoms with van der Waals surface area (Å²) in [7, 11) is -4.93. The van der Waals surface area contributed by atoms with E-state index in [9.17, 15) is 9.46 Å². The van der Waals surface area contributed by atoms with Gasteiger partial charge in [-0.2, -0.15) is 10.2 Å². The van der Waals surface area contributed by atoms with Crippen LogP contribution >= 0.6 is 7.82 Å². The lowest BCUT2D eigenvalue weighted by atomic mass is 10.0. The molecule has 0 saturated carbocycles. The Kier molecular flexibility index (Phi) is 6.13. The van der Waals surface area contributed by atoms with Gasteiger partial charge in [0, 0.05) is 25.8 Å². The zero-order valence-corrected chi connectivity index (χ0v) is 20.0. The Hall–Kier alpha value is -2.50. The lowest BCUT2D eigenvalue weighted by Crippen LogP contribution is -2.33.